The maximum Gasteiger partial charge on any atom is 0.200 e. The number of hydrogen-bond acceptors (Lipinski definition) is 1. The van der Waals surface area contributed by atoms with E-state index in [9.17, 15) is 8.78 Å². The molecule has 1 aromatic rings. The highest BCUT2D eigenvalue weighted by molar-refractivity contribution is 6.58. The van der Waals surface area contributed by atoms with E-state index >= 15 is 0 Å². The van der Waals surface area contributed by atoms with Crippen molar-refractivity contribution in [3.63, 3.8) is 0 Å². The lowest BCUT2D eigenvalue weighted by molar-refractivity contribution is 0.184. The monoisotopic (exact) mass is 436 g/mol. The molecule has 4 heteroatoms. The van der Waals surface area contributed by atoms with Crippen LogP contribution in [0.2, 0.25) is 18.1 Å². The Morgan fingerprint density at radius 2 is 1.60 bits per heavy atom. The van der Waals surface area contributed by atoms with E-state index in [1.165, 1.54) is 51.4 Å². The first-order valence-electron chi connectivity index (χ1n) is 12.7. The smallest absolute Gasteiger partial charge is 0.200 e. The van der Waals surface area contributed by atoms with Gasteiger partial charge in [0.1, 0.15) is 0 Å². The molecule has 2 fully saturated rings. The van der Waals surface area contributed by atoms with Gasteiger partial charge in [0.25, 0.3) is 0 Å². The topological polar surface area (TPSA) is 9.23 Å². The predicted octanol–water partition coefficient (Wildman–Crippen LogP) is 7.93. The highest BCUT2D eigenvalue weighted by Crippen LogP contribution is 2.42. The molecule has 0 N–H and O–H groups in total. The van der Waals surface area contributed by atoms with Crippen LogP contribution in [0, 0.1) is 29.4 Å². The third-order valence-electron chi connectivity index (χ3n) is 7.88. The summed E-state index contributed by atoms with van der Waals surface area (Å²) in [6.45, 7) is 4.48. The van der Waals surface area contributed by atoms with Crippen molar-refractivity contribution in [2.24, 2.45) is 17.8 Å². The first kappa shape index (κ1) is 23.8. The SMILES string of the molecule is CCC[Si@H]1CC[C@H]([C@H]2CC[C@H](CCCCc3ccc(OCC)c(F)c3F)CC2)CC1. The molecule has 0 bridgehead atoms. The molecule has 1 saturated carbocycles. The van der Waals surface area contributed by atoms with Crippen LogP contribution in [0.25, 0.3) is 0 Å². The van der Waals surface area contributed by atoms with Gasteiger partial charge in [-0.25, -0.2) is 4.39 Å². The Kier molecular flexibility index (Phi) is 9.67. The van der Waals surface area contributed by atoms with Crippen molar-refractivity contribution in [2.45, 2.75) is 103 Å². The van der Waals surface area contributed by atoms with Gasteiger partial charge in [-0.1, -0.05) is 76.1 Å². The van der Waals surface area contributed by atoms with Gasteiger partial charge < -0.3 is 4.74 Å². The van der Waals surface area contributed by atoms with Crippen molar-refractivity contribution < 1.29 is 13.5 Å². The van der Waals surface area contributed by atoms with E-state index in [-0.39, 0.29) is 14.5 Å². The largest absolute Gasteiger partial charge is 0.491 e. The minimum Gasteiger partial charge on any atom is -0.491 e. The molecule has 30 heavy (non-hydrogen) atoms. The van der Waals surface area contributed by atoms with Gasteiger partial charge in [-0.05, 0) is 62.0 Å². The van der Waals surface area contributed by atoms with Crippen LogP contribution < -0.4 is 4.74 Å². The summed E-state index contributed by atoms with van der Waals surface area (Å²) in [6, 6.07) is 8.05. The van der Waals surface area contributed by atoms with Gasteiger partial charge in [0.2, 0.25) is 5.82 Å². The van der Waals surface area contributed by atoms with E-state index in [0.29, 0.717) is 18.6 Å². The summed E-state index contributed by atoms with van der Waals surface area (Å²) in [6.07, 6.45) is 14.1. The van der Waals surface area contributed by atoms with Gasteiger partial charge >= 0.3 is 0 Å². The summed E-state index contributed by atoms with van der Waals surface area (Å²) >= 11 is 0. The second-order valence-electron chi connectivity index (χ2n) is 9.88. The van der Waals surface area contributed by atoms with Crippen molar-refractivity contribution in [2.75, 3.05) is 6.61 Å². The van der Waals surface area contributed by atoms with Crippen LogP contribution >= 0.6 is 0 Å². The highest BCUT2D eigenvalue weighted by Gasteiger charge is 2.30. The third kappa shape index (κ3) is 6.55. The van der Waals surface area contributed by atoms with E-state index in [1.807, 2.05) is 0 Å². The number of rotatable bonds is 10. The zero-order valence-corrected chi connectivity index (χ0v) is 20.4. The molecule has 0 radical (unpaired) electrons. The molecule has 0 spiro atoms. The van der Waals surface area contributed by atoms with Crippen molar-refractivity contribution >= 4 is 8.80 Å². The summed E-state index contributed by atoms with van der Waals surface area (Å²) in [4.78, 5) is 0. The highest BCUT2D eigenvalue weighted by atomic mass is 28.3. The van der Waals surface area contributed by atoms with Gasteiger partial charge in [0.05, 0.1) is 6.61 Å². The van der Waals surface area contributed by atoms with E-state index in [1.54, 1.807) is 37.2 Å². The van der Waals surface area contributed by atoms with Crippen LogP contribution in [0.4, 0.5) is 8.78 Å². The van der Waals surface area contributed by atoms with Crippen LogP contribution in [0.3, 0.4) is 0 Å². The molecule has 0 amide bonds. The normalized spacial score (nSPS) is 27.2. The first-order chi connectivity index (χ1) is 14.6. The van der Waals surface area contributed by atoms with Gasteiger partial charge in [0.15, 0.2) is 11.6 Å². The number of benzene rings is 1. The fraction of sp³-hybridized carbons (Fsp3) is 0.769. The van der Waals surface area contributed by atoms with Gasteiger partial charge in [0, 0.05) is 8.80 Å². The maximum absolute atomic E-state index is 14.2. The lowest BCUT2D eigenvalue weighted by Crippen LogP contribution is -2.28. The summed E-state index contributed by atoms with van der Waals surface area (Å²) in [7, 11) is -0.348. The summed E-state index contributed by atoms with van der Waals surface area (Å²) in [5.41, 5.74) is 0.488. The number of ether oxygens (including phenoxy) is 1. The molecule has 1 aliphatic heterocycles. The molecule has 1 aromatic carbocycles. The zero-order valence-electron chi connectivity index (χ0n) is 19.2. The van der Waals surface area contributed by atoms with Crippen molar-refractivity contribution in [1.29, 1.82) is 0 Å². The average molecular weight is 437 g/mol. The molecule has 0 atom stereocenters. The summed E-state index contributed by atoms with van der Waals surface area (Å²) < 4.78 is 33.3. The number of hydrogen-bond donors (Lipinski definition) is 0. The third-order valence-corrected chi connectivity index (χ3v) is 11.6. The fourth-order valence-corrected chi connectivity index (χ4v) is 9.57. The number of aryl methyl sites for hydroxylation is 1. The molecule has 1 nitrogen and oxygen atoms in total. The Morgan fingerprint density at radius 3 is 2.27 bits per heavy atom. The Morgan fingerprint density at radius 1 is 0.900 bits per heavy atom. The molecule has 2 aliphatic rings. The van der Waals surface area contributed by atoms with E-state index in [2.05, 4.69) is 6.92 Å². The summed E-state index contributed by atoms with van der Waals surface area (Å²) in [5.74, 6) is 1.35. The Bertz CT molecular complexity index is 634. The molecule has 0 aromatic heterocycles. The first-order valence-corrected chi connectivity index (χ1v) is 15.2. The average Bonchev–Trinajstić information content (AvgIpc) is 2.77. The second-order valence-corrected chi connectivity index (χ2v) is 13.3. The van der Waals surface area contributed by atoms with Crippen LogP contribution in [-0.2, 0) is 6.42 Å². The molecule has 3 rings (SSSR count). The number of unbranched alkanes of at least 4 members (excludes halogenated alkanes) is 1. The molecule has 1 aliphatic carbocycles. The van der Waals surface area contributed by atoms with Crippen LogP contribution in [0.1, 0.15) is 83.6 Å². The van der Waals surface area contributed by atoms with E-state index in [0.717, 1.165) is 30.6 Å². The van der Waals surface area contributed by atoms with E-state index < -0.39 is 11.6 Å². The molecular weight excluding hydrogens is 394 g/mol. The van der Waals surface area contributed by atoms with E-state index in [4.69, 9.17) is 4.74 Å². The quantitative estimate of drug-likeness (QED) is 0.267. The van der Waals surface area contributed by atoms with Crippen LogP contribution in [-0.4, -0.2) is 15.4 Å². The standard InChI is InChI=1S/C26H42F2OSi/c1-3-17-30-18-15-22(16-19-30)21-11-9-20(10-12-21)7-5-6-8-23-13-14-24(29-4-2)26(28)25(23)27/h13-14,20-22,30H,3-12,15-19H2,1-2H3/t20-,21-,22-,30-. The second kappa shape index (κ2) is 12.2. The predicted molar refractivity (Wildman–Crippen MR) is 125 cm³/mol. The molecule has 170 valence electrons. The minimum atomic E-state index is -0.834. The van der Waals surface area contributed by atoms with Crippen molar-refractivity contribution in [1.82, 2.24) is 0 Å². The Hall–Kier alpha value is -0.903. The zero-order chi connectivity index (χ0) is 21.3. The molecular formula is C26H42F2OSi. The minimum absolute atomic E-state index is 0.0247. The molecule has 1 heterocycles. The molecule has 1 saturated heterocycles. The van der Waals surface area contributed by atoms with Crippen molar-refractivity contribution in [3.05, 3.63) is 29.3 Å². The van der Waals surface area contributed by atoms with Gasteiger partial charge in [-0.15, -0.1) is 0 Å². The maximum atomic E-state index is 14.2. The van der Waals surface area contributed by atoms with Gasteiger partial charge in [-0.2, -0.15) is 4.39 Å². The van der Waals surface area contributed by atoms with Crippen LogP contribution in [0.5, 0.6) is 5.75 Å². The Labute approximate surface area is 184 Å². The number of halogens is 2. The van der Waals surface area contributed by atoms with Crippen LogP contribution in [0.15, 0.2) is 12.1 Å². The lowest BCUT2D eigenvalue weighted by atomic mass is 9.73. The van der Waals surface area contributed by atoms with Crippen molar-refractivity contribution in [3.8, 4) is 5.75 Å². The van der Waals surface area contributed by atoms with Gasteiger partial charge in [-0.3, -0.25) is 0 Å². The summed E-state index contributed by atoms with van der Waals surface area (Å²) in [5, 5.41) is 0. The molecule has 0 unspecified atom stereocenters. The Balaban J connectivity index is 1.32. The fourth-order valence-electron chi connectivity index (χ4n) is 6.09. The lowest BCUT2D eigenvalue weighted by Gasteiger charge is -2.37.